The minimum absolute atomic E-state index is 0.421. The lowest BCUT2D eigenvalue weighted by atomic mass is 9.94. The second kappa shape index (κ2) is 7.77. The molecule has 0 aliphatic heterocycles. The van der Waals surface area contributed by atoms with Gasteiger partial charge in [-0.2, -0.15) is 0 Å². The van der Waals surface area contributed by atoms with Gasteiger partial charge in [0, 0.05) is 32.5 Å². The maximum Gasteiger partial charge on any atom is 0.104 e. The minimum Gasteiger partial charge on any atom is -0.469 e. The third-order valence-corrected chi connectivity index (χ3v) is 3.17. The Morgan fingerprint density at radius 3 is 2.68 bits per heavy atom. The molecule has 1 unspecified atom stereocenters. The quantitative estimate of drug-likeness (QED) is 0.740. The highest BCUT2D eigenvalue weighted by Gasteiger charge is 2.13. The van der Waals surface area contributed by atoms with Crippen LogP contribution in [0.4, 0.5) is 0 Å². The van der Waals surface area contributed by atoms with Crippen LogP contribution in [0.25, 0.3) is 0 Å². The number of methoxy groups -OCH3 is 1. The van der Waals surface area contributed by atoms with Crippen molar-refractivity contribution in [2.45, 2.75) is 12.3 Å². The zero-order valence-corrected chi connectivity index (χ0v) is 11.3. The lowest BCUT2D eigenvalue weighted by Crippen LogP contribution is -2.26. The molecule has 0 amide bonds. The maximum atomic E-state index is 5.46. The summed E-state index contributed by atoms with van der Waals surface area (Å²) in [6.45, 7) is 2.54. The van der Waals surface area contributed by atoms with Crippen molar-refractivity contribution in [1.29, 1.82) is 0 Å². The van der Waals surface area contributed by atoms with Crippen molar-refractivity contribution in [3.63, 3.8) is 0 Å². The molecule has 0 saturated heterocycles. The van der Waals surface area contributed by atoms with E-state index in [1.165, 1.54) is 5.56 Å². The van der Waals surface area contributed by atoms with E-state index in [1.807, 2.05) is 18.2 Å². The van der Waals surface area contributed by atoms with Crippen LogP contribution in [0.1, 0.15) is 17.2 Å². The Morgan fingerprint density at radius 1 is 1.16 bits per heavy atom. The van der Waals surface area contributed by atoms with Gasteiger partial charge in [0.05, 0.1) is 12.9 Å². The smallest absolute Gasteiger partial charge is 0.104 e. The number of rotatable bonds is 8. The summed E-state index contributed by atoms with van der Waals surface area (Å²) < 4.78 is 10.5. The highest BCUT2D eigenvalue weighted by molar-refractivity contribution is 5.21. The molecule has 102 valence electrons. The number of nitrogens with one attached hydrogen (secondary N) is 1. The zero-order valence-electron chi connectivity index (χ0n) is 11.3. The van der Waals surface area contributed by atoms with Gasteiger partial charge in [-0.15, -0.1) is 0 Å². The summed E-state index contributed by atoms with van der Waals surface area (Å²) in [7, 11) is 1.72. The normalized spacial score (nSPS) is 12.5. The van der Waals surface area contributed by atoms with Crippen LogP contribution in [0.2, 0.25) is 0 Å². The fraction of sp³-hybridized carbons (Fsp3) is 0.375. The zero-order chi connectivity index (χ0) is 13.3. The van der Waals surface area contributed by atoms with Crippen LogP contribution < -0.4 is 5.32 Å². The monoisotopic (exact) mass is 259 g/mol. The van der Waals surface area contributed by atoms with Crippen molar-refractivity contribution in [2.75, 3.05) is 26.8 Å². The Labute approximate surface area is 114 Å². The van der Waals surface area contributed by atoms with Gasteiger partial charge < -0.3 is 14.5 Å². The summed E-state index contributed by atoms with van der Waals surface area (Å²) in [6.07, 6.45) is 2.65. The summed E-state index contributed by atoms with van der Waals surface area (Å²) in [4.78, 5) is 0. The van der Waals surface area contributed by atoms with Crippen molar-refractivity contribution >= 4 is 0 Å². The number of hydrogen-bond acceptors (Lipinski definition) is 3. The molecule has 1 atom stereocenters. The van der Waals surface area contributed by atoms with E-state index >= 15 is 0 Å². The van der Waals surface area contributed by atoms with E-state index in [9.17, 15) is 0 Å². The molecule has 1 aromatic heterocycles. The standard InChI is InChI=1S/C16H21NO2/c1-18-11-9-17-13-15(12-16-8-5-10-19-16)14-6-3-2-4-7-14/h2-8,10,15,17H,9,11-13H2,1H3. The molecule has 0 fully saturated rings. The van der Waals surface area contributed by atoms with Crippen molar-refractivity contribution in [1.82, 2.24) is 5.32 Å². The fourth-order valence-electron chi connectivity index (χ4n) is 2.16. The van der Waals surface area contributed by atoms with E-state index in [-0.39, 0.29) is 0 Å². The van der Waals surface area contributed by atoms with Crippen molar-refractivity contribution < 1.29 is 9.15 Å². The van der Waals surface area contributed by atoms with Gasteiger partial charge in [0.1, 0.15) is 5.76 Å². The molecule has 3 nitrogen and oxygen atoms in total. The second-order valence-electron chi connectivity index (χ2n) is 4.59. The first-order valence-corrected chi connectivity index (χ1v) is 6.67. The molecule has 0 aliphatic rings. The van der Waals surface area contributed by atoms with Gasteiger partial charge >= 0.3 is 0 Å². The van der Waals surface area contributed by atoms with Gasteiger partial charge in [-0.3, -0.25) is 0 Å². The van der Waals surface area contributed by atoms with Gasteiger partial charge in [-0.25, -0.2) is 0 Å². The molecule has 0 aliphatic carbocycles. The first-order chi connectivity index (χ1) is 9.40. The molecule has 1 heterocycles. The third-order valence-electron chi connectivity index (χ3n) is 3.17. The molecule has 2 aromatic rings. The maximum absolute atomic E-state index is 5.46. The SMILES string of the molecule is COCCNCC(Cc1ccco1)c1ccccc1. The lowest BCUT2D eigenvalue weighted by Gasteiger charge is -2.17. The molecule has 1 aromatic carbocycles. The predicted octanol–water partition coefficient (Wildman–Crippen LogP) is 2.84. The van der Waals surface area contributed by atoms with Crippen LogP contribution in [0.5, 0.6) is 0 Å². The van der Waals surface area contributed by atoms with Crippen molar-refractivity contribution in [3.8, 4) is 0 Å². The molecule has 0 bridgehead atoms. The summed E-state index contributed by atoms with van der Waals surface area (Å²) >= 11 is 0. The Balaban J connectivity index is 1.96. The molecule has 3 heteroatoms. The molecular weight excluding hydrogens is 238 g/mol. The molecule has 2 rings (SSSR count). The van der Waals surface area contributed by atoms with Crippen LogP contribution in [0, 0.1) is 0 Å². The summed E-state index contributed by atoms with van der Waals surface area (Å²) in [5.41, 5.74) is 1.34. The van der Waals surface area contributed by atoms with Crippen LogP contribution in [0.15, 0.2) is 53.1 Å². The van der Waals surface area contributed by atoms with Crippen LogP contribution in [0.3, 0.4) is 0 Å². The van der Waals surface area contributed by atoms with E-state index in [4.69, 9.17) is 9.15 Å². The third kappa shape index (κ3) is 4.54. The van der Waals surface area contributed by atoms with E-state index in [0.717, 1.165) is 31.9 Å². The lowest BCUT2D eigenvalue weighted by molar-refractivity contribution is 0.199. The average molecular weight is 259 g/mol. The highest BCUT2D eigenvalue weighted by Crippen LogP contribution is 2.20. The number of benzene rings is 1. The summed E-state index contributed by atoms with van der Waals surface area (Å²) in [6, 6.07) is 14.5. The van der Waals surface area contributed by atoms with Gasteiger partial charge in [0.15, 0.2) is 0 Å². The fourth-order valence-corrected chi connectivity index (χ4v) is 2.16. The van der Waals surface area contributed by atoms with Gasteiger partial charge in [0.2, 0.25) is 0 Å². The topological polar surface area (TPSA) is 34.4 Å². The van der Waals surface area contributed by atoms with E-state index in [1.54, 1.807) is 13.4 Å². The largest absolute Gasteiger partial charge is 0.469 e. The number of furan rings is 1. The van der Waals surface area contributed by atoms with Crippen LogP contribution >= 0.6 is 0 Å². The van der Waals surface area contributed by atoms with Gasteiger partial charge in [-0.1, -0.05) is 30.3 Å². The van der Waals surface area contributed by atoms with Crippen LogP contribution in [-0.2, 0) is 11.2 Å². The summed E-state index contributed by atoms with van der Waals surface area (Å²) in [5, 5.41) is 3.43. The highest BCUT2D eigenvalue weighted by atomic mass is 16.5. The Kier molecular flexibility index (Phi) is 5.66. The van der Waals surface area contributed by atoms with E-state index in [2.05, 4.69) is 29.6 Å². The minimum atomic E-state index is 0.421. The van der Waals surface area contributed by atoms with Crippen LogP contribution in [-0.4, -0.2) is 26.8 Å². The summed E-state index contributed by atoms with van der Waals surface area (Å²) in [5.74, 6) is 1.45. The number of hydrogen-bond donors (Lipinski definition) is 1. The van der Waals surface area contributed by atoms with Crippen molar-refractivity contribution in [3.05, 3.63) is 60.1 Å². The number of ether oxygens (including phenoxy) is 1. The van der Waals surface area contributed by atoms with E-state index in [0.29, 0.717) is 5.92 Å². The molecule has 1 N–H and O–H groups in total. The Hall–Kier alpha value is -1.58. The molecule has 0 radical (unpaired) electrons. The van der Waals surface area contributed by atoms with Gasteiger partial charge in [0.25, 0.3) is 0 Å². The van der Waals surface area contributed by atoms with Crippen molar-refractivity contribution in [2.24, 2.45) is 0 Å². The van der Waals surface area contributed by atoms with Gasteiger partial charge in [-0.05, 0) is 17.7 Å². The average Bonchev–Trinajstić information content (AvgIpc) is 2.96. The predicted molar refractivity (Wildman–Crippen MR) is 76.3 cm³/mol. The van der Waals surface area contributed by atoms with E-state index < -0.39 is 0 Å². The Morgan fingerprint density at radius 2 is 2.00 bits per heavy atom. The molecular formula is C16H21NO2. The first-order valence-electron chi connectivity index (χ1n) is 6.67. The molecule has 0 saturated carbocycles. The molecule has 19 heavy (non-hydrogen) atoms. The first kappa shape index (κ1) is 13.8. The Bertz CT molecular complexity index is 439. The second-order valence-corrected chi connectivity index (χ2v) is 4.59. The molecule has 0 spiro atoms.